The largest absolute Gasteiger partial charge is 0.409 e. The molecular weight excluding hydrogens is 333 g/mol. The van der Waals surface area contributed by atoms with Crippen LogP contribution in [0.4, 0.5) is 0 Å². The van der Waals surface area contributed by atoms with Crippen LogP contribution in [0.3, 0.4) is 0 Å². The SMILES string of the molecule is CC(CC(N)=NO)NC(=O)c1ccc(I)cc1. The van der Waals surface area contributed by atoms with Crippen LogP contribution in [0.5, 0.6) is 0 Å². The van der Waals surface area contributed by atoms with E-state index < -0.39 is 0 Å². The molecule has 0 radical (unpaired) electrons. The number of rotatable bonds is 4. The summed E-state index contributed by atoms with van der Waals surface area (Å²) in [6.45, 7) is 1.79. The highest BCUT2D eigenvalue weighted by Gasteiger charge is 2.10. The number of halogens is 1. The number of hydrogen-bond acceptors (Lipinski definition) is 3. The van der Waals surface area contributed by atoms with Crippen LogP contribution in [0.15, 0.2) is 29.4 Å². The lowest BCUT2D eigenvalue weighted by atomic mass is 10.1. The van der Waals surface area contributed by atoms with Gasteiger partial charge in [-0.1, -0.05) is 5.16 Å². The Hall–Kier alpha value is -1.31. The third-order valence-electron chi connectivity index (χ3n) is 2.13. The van der Waals surface area contributed by atoms with Gasteiger partial charge in [-0.2, -0.15) is 0 Å². The smallest absolute Gasteiger partial charge is 0.251 e. The number of nitrogens with zero attached hydrogens (tertiary/aromatic N) is 1. The van der Waals surface area contributed by atoms with Crippen LogP contribution in [0.1, 0.15) is 23.7 Å². The molecule has 1 unspecified atom stereocenters. The average Bonchev–Trinajstić information content (AvgIpc) is 2.29. The van der Waals surface area contributed by atoms with Crippen molar-refractivity contribution in [2.75, 3.05) is 0 Å². The summed E-state index contributed by atoms with van der Waals surface area (Å²) in [6.07, 6.45) is 0.312. The molecule has 5 nitrogen and oxygen atoms in total. The van der Waals surface area contributed by atoms with Crippen molar-refractivity contribution in [2.45, 2.75) is 19.4 Å². The number of benzene rings is 1. The Morgan fingerprint density at radius 1 is 1.53 bits per heavy atom. The predicted octanol–water partition coefficient (Wildman–Crippen LogP) is 1.55. The number of nitrogens with one attached hydrogen (secondary N) is 1. The third kappa shape index (κ3) is 4.59. The first kappa shape index (κ1) is 13.8. The molecule has 0 heterocycles. The van der Waals surface area contributed by atoms with Gasteiger partial charge < -0.3 is 16.3 Å². The van der Waals surface area contributed by atoms with Crippen LogP contribution < -0.4 is 11.1 Å². The predicted molar refractivity (Wildman–Crippen MR) is 74.1 cm³/mol. The van der Waals surface area contributed by atoms with Gasteiger partial charge in [0, 0.05) is 21.6 Å². The molecule has 1 atom stereocenters. The number of carbonyl (C=O) groups is 1. The molecule has 0 aromatic heterocycles. The van der Waals surface area contributed by atoms with Gasteiger partial charge in [0.05, 0.1) is 0 Å². The van der Waals surface area contributed by atoms with Crippen molar-refractivity contribution < 1.29 is 10.0 Å². The van der Waals surface area contributed by atoms with E-state index >= 15 is 0 Å². The standard InChI is InChI=1S/C11H14IN3O2/c1-7(6-10(13)15-17)14-11(16)8-2-4-9(12)5-3-8/h2-5,7,17H,6H2,1H3,(H2,13,15)(H,14,16). The molecule has 1 aromatic rings. The van der Waals surface area contributed by atoms with Crippen LogP contribution >= 0.6 is 22.6 Å². The molecule has 6 heteroatoms. The van der Waals surface area contributed by atoms with Crippen molar-refractivity contribution >= 4 is 34.3 Å². The molecule has 0 spiro atoms. The number of carbonyl (C=O) groups excluding carboxylic acids is 1. The summed E-state index contributed by atoms with van der Waals surface area (Å²) >= 11 is 2.17. The van der Waals surface area contributed by atoms with E-state index in [1.54, 1.807) is 19.1 Å². The van der Waals surface area contributed by atoms with Crippen molar-refractivity contribution in [3.63, 3.8) is 0 Å². The number of hydrogen-bond donors (Lipinski definition) is 3. The van der Waals surface area contributed by atoms with Gasteiger partial charge >= 0.3 is 0 Å². The molecule has 1 rings (SSSR count). The first-order valence-corrected chi connectivity index (χ1v) is 6.13. The minimum absolute atomic E-state index is 0.0976. The maximum absolute atomic E-state index is 11.8. The van der Waals surface area contributed by atoms with Crippen LogP contribution in [-0.2, 0) is 0 Å². The molecule has 1 aromatic carbocycles. The Balaban J connectivity index is 2.57. The summed E-state index contributed by atoms with van der Waals surface area (Å²) in [5.74, 6) is -0.0694. The Morgan fingerprint density at radius 2 is 2.12 bits per heavy atom. The lowest BCUT2D eigenvalue weighted by Gasteiger charge is -2.12. The van der Waals surface area contributed by atoms with E-state index in [1.165, 1.54) is 0 Å². The van der Waals surface area contributed by atoms with Crippen LogP contribution in [0.2, 0.25) is 0 Å². The Morgan fingerprint density at radius 3 is 2.65 bits per heavy atom. The molecule has 0 aliphatic rings. The zero-order valence-corrected chi connectivity index (χ0v) is 11.5. The average molecular weight is 347 g/mol. The van der Waals surface area contributed by atoms with E-state index in [1.807, 2.05) is 12.1 Å². The second-order valence-electron chi connectivity index (χ2n) is 3.68. The van der Waals surface area contributed by atoms with Gasteiger partial charge in [-0.15, -0.1) is 0 Å². The van der Waals surface area contributed by atoms with E-state index in [0.717, 1.165) is 3.57 Å². The van der Waals surface area contributed by atoms with Crippen LogP contribution in [0, 0.1) is 3.57 Å². The molecule has 0 fully saturated rings. The highest BCUT2D eigenvalue weighted by molar-refractivity contribution is 14.1. The van der Waals surface area contributed by atoms with Crippen molar-refractivity contribution in [1.29, 1.82) is 0 Å². The van der Waals surface area contributed by atoms with Gasteiger partial charge in [0.2, 0.25) is 0 Å². The van der Waals surface area contributed by atoms with Crippen molar-refractivity contribution in [3.8, 4) is 0 Å². The van der Waals surface area contributed by atoms with Gasteiger partial charge in [0.25, 0.3) is 5.91 Å². The Bertz CT molecular complexity index is 417. The third-order valence-corrected chi connectivity index (χ3v) is 2.85. The van der Waals surface area contributed by atoms with Crippen molar-refractivity contribution in [1.82, 2.24) is 5.32 Å². The van der Waals surface area contributed by atoms with Gasteiger partial charge in [0.15, 0.2) is 0 Å². The molecule has 0 saturated carbocycles. The molecule has 0 bridgehead atoms. The minimum Gasteiger partial charge on any atom is -0.409 e. The topological polar surface area (TPSA) is 87.7 Å². The van der Waals surface area contributed by atoms with E-state index in [4.69, 9.17) is 10.9 Å². The van der Waals surface area contributed by atoms with E-state index in [-0.39, 0.29) is 17.8 Å². The summed E-state index contributed by atoms with van der Waals surface area (Å²) in [4.78, 5) is 11.8. The lowest BCUT2D eigenvalue weighted by molar-refractivity contribution is 0.0941. The molecule has 4 N–H and O–H groups in total. The zero-order valence-electron chi connectivity index (χ0n) is 9.35. The fourth-order valence-electron chi connectivity index (χ4n) is 1.31. The van der Waals surface area contributed by atoms with Crippen molar-refractivity contribution in [3.05, 3.63) is 33.4 Å². The summed E-state index contributed by atoms with van der Waals surface area (Å²) in [7, 11) is 0. The molecule has 92 valence electrons. The zero-order chi connectivity index (χ0) is 12.8. The summed E-state index contributed by atoms with van der Waals surface area (Å²) < 4.78 is 1.07. The fraction of sp³-hybridized carbons (Fsp3) is 0.273. The lowest BCUT2D eigenvalue weighted by Crippen LogP contribution is -2.35. The van der Waals surface area contributed by atoms with E-state index in [9.17, 15) is 4.79 Å². The van der Waals surface area contributed by atoms with Gasteiger partial charge in [-0.3, -0.25) is 4.79 Å². The maximum Gasteiger partial charge on any atom is 0.251 e. The first-order valence-electron chi connectivity index (χ1n) is 5.05. The monoisotopic (exact) mass is 347 g/mol. The van der Waals surface area contributed by atoms with E-state index in [2.05, 4.69) is 33.1 Å². The summed E-state index contributed by atoms with van der Waals surface area (Å²) in [5, 5.41) is 14.0. The highest BCUT2D eigenvalue weighted by atomic mass is 127. The van der Waals surface area contributed by atoms with Gasteiger partial charge in [-0.25, -0.2) is 0 Å². The molecular formula is C11H14IN3O2. The minimum atomic E-state index is -0.183. The molecule has 0 aliphatic carbocycles. The second kappa shape index (κ2) is 6.43. The quantitative estimate of drug-likeness (QED) is 0.254. The molecule has 0 aliphatic heterocycles. The van der Waals surface area contributed by atoms with Gasteiger partial charge in [0.1, 0.15) is 5.84 Å². The molecule has 0 saturated heterocycles. The first-order chi connectivity index (χ1) is 8.02. The second-order valence-corrected chi connectivity index (χ2v) is 4.92. The van der Waals surface area contributed by atoms with Crippen molar-refractivity contribution in [2.24, 2.45) is 10.9 Å². The summed E-state index contributed by atoms with van der Waals surface area (Å²) in [5.41, 5.74) is 5.95. The van der Waals surface area contributed by atoms with Crippen LogP contribution in [0.25, 0.3) is 0 Å². The number of nitrogens with two attached hydrogens (primary N) is 1. The number of oxime groups is 1. The van der Waals surface area contributed by atoms with Crippen LogP contribution in [-0.4, -0.2) is 23.0 Å². The number of amides is 1. The Labute approximate surface area is 113 Å². The normalized spacial score (nSPS) is 13.2. The molecule has 17 heavy (non-hydrogen) atoms. The fourth-order valence-corrected chi connectivity index (χ4v) is 1.67. The summed E-state index contributed by atoms with van der Waals surface area (Å²) in [6, 6.07) is 7.06. The molecule has 1 amide bonds. The van der Waals surface area contributed by atoms with E-state index in [0.29, 0.717) is 12.0 Å². The highest BCUT2D eigenvalue weighted by Crippen LogP contribution is 2.07. The maximum atomic E-state index is 11.8. The number of amidine groups is 1. The van der Waals surface area contributed by atoms with Gasteiger partial charge in [-0.05, 0) is 53.8 Å². The Kier molecular flexibility index (Phi) is 5.20.